The molecule has 8 nitrogen and oxygen atoms in total. The van der Waals surface area contributed by atoms with Gasteiger partial charge in [-0.05, 0) is 60.9 Å². The Morgan fingerprint density at radius 3 is 2.34 bits per heavy atom. The van der Waals surface area contributed by atoms with Gasteiger partial charge in [-0.3, -0.25) is 10.1 Å². The van der Waals surface area contributed by atoms with E-state index in [-0.39, 0.29) is 12.3 Å². The third-order valence-corrected chi connectivity index (χ3v) is 5.17. The summed E-state index contributed by atoms with van der Waals surface area (Å²) in [6.45, 7) is 1.26. The minimum Gasteiger partial charge on any atom is -0.417 e. The first-order chi connectivity index (χ1) is 15.6. The molecule has 1 N–H and O–H groups in total. The van der Waals surface area contributed by atoms with Crippen molar-refractivity contribution in [3.05, 3.63) is 70.1 Å². The zero-order valence-electron chi connectivity index (χ0n) is 18.2. The highest BCUT2D eigenvalue weighted by Crippen LogP contribution is 2.23. The van der Waals surface area contributed by atoms with Crippen LogP contribution in [0.2, 0.25) is 0 Å². The van der Waals surface area contributed by atoms with Crippen molar-refractivity contribution in [3.8, 4) is 11.5 Å². The largest absolute Gasteiger partial charge is 0.417 e. The number of aliphatic hydroxyl groups is 1. The summed E-state index contributed by atoms with van der Waals surface area (Å²) in [5.41, 5.74) is 2.82. The monoisotopic (exact) mass is 436 g/mol. The van der Waals surface area contributed by atoms with Crippen molar-refractivity contribution >= 4 is 23.5 Å². The number of unbranched alkanes of at least 4 members (excludes halogenated alkanes) is 4. The van der Waals surface area contributed by atoms with Crippen LogP contribution < -0.4 is 4.90 Å². The van der Waals surface area contributed by atoms with E-state index in [9.17, 15) is 10.1 Å². The molecule has 0 aliphatic carbocycles. The van der Waals surface area contributed by atoms with Gasteiger partial charge in [0.2, 0.25) is 11.8 Å². The van der Waals surface area contributed by atoms with Gasteiger partial charge in [-0.1, -0.05) is 19.3 Å². The highest BCUT2D eigenvalue weighted by molar-refractivity contribution is 5.67. The summed E-state index contributed by atoms with van der Waals surface area (Å²) in [6.07, 6.45) is 8.87. The summed E-state index contributed by atoms with van der Waals surface area (Å²) in [6, 6.07) is 14.2. The van der Waals surface area contributed by atoms with Crippen LogP contribution in [0.25, 0.3) is 23.6 Å². The zero-order valence-corrected chi connectivity index (χ0v) is 18.2. The molecular weight excluding hydrogens is 408 g/mol. The molecule has 0 amide bonds. The number of aliphatic hydroxyl groups excluding tert-OH is 1. The second-order valence-corrected chi connectivity index (χ2v) is 7.59. The molecule has 0 radical (unpaired) electrons. The number of nitrogens with zero attached hydrogens (tertiary/aromatic N) is 4. The van der Waals surface area contributed by atoms with Crippen LogP contribution in [0.1, 0.15) is 43.6 Å². The maximum atomic E-state index is 10.7. The van der Waals surface area contributed by atoms with E-state index in [1.807, 2.05) is 24.3 Å². The van der Waals surface area contributed by atoms with Gasteiger partial charge in [0.15, 0.2) is 0 Å². The molecule has 0 atom stereocenters. The minimum absolute atomic E-state index is 0.0503. The third kappa shape index (κ3) is 6.75. The first-order valence-electron chi connectivity index (χ1n) is 10.8. The van der Waals surface area contributed by atoms with Crippen molar-refractivity contribution in [2.75, 3.05) is 25.1 Å². The number of nitro benzene ring substituents is 1. The van der Waals surface area contributed by atoms with Gasteiger partial charge in [-0.15, -0.1) is 10.2 Å². The predicted molar refractivity (Wildman–Crippen MR) is 125 cm³/mol. The molecule has 32 heavy (non-hydrogen) atoms. The van der Waals surface area contributed by atoms with Crippen LogP contribution in [0.3, 0.4) is 0 Å². The lowest BCUT2D eigenvalue weighted by molar-refractivity contribution is -0.384. The number of aromatic nitrogens is 2. The van der Waals surface area contributed by atoms with Crippen molar-refractivity contribution in [1.82, 2.24) is 10.2 Å². The molecule has 0 unspecified atom stereocenters. The maximum absolute atomic E-state index is 10.7. The molecule has 0 bridgehead atoms. The summed E-state index contributed by atoms with van der Waals surface area (Å²) in [4.78, 5) is 12.5. The molecule has 1 aromatic heterocycles. The van der Waals surface area contributed by atoms with E-state index in [0.717, 1.165) is 49.0 Å². The van der Waals surface area contributed by atoms with Gasteiger partial charge in [0, 0.05) is 49.7 Å². The second kappa shape index (κ2) is 11.8. The molecule has 8 heteroatoms. The van der Waals surface area contributed by atoms with Gasteiger partial charge in [0.1, 0.15) is 0 Å². The number of nitro groups is 1. The Morgan fingerprint density at radius 1 is 0.969 bits per heavy atom. The highest BCUT2D eigenvalue weighted by Gasteiger charge is 2.08. The van der Waals surface area contributed by atoms with Gasteiger partial charge in [0.25, 0.3) is 5.69 Å². The number of non-ortho nitro benzene ring substituents is 1. The average molecular weight is 437 g/mol. The van der Waals surface area contributed by atoms with Crippen LogP contribution >= 0.6 is 0 Å². The summed E-state index contributed by atoms with van der Waals surface area (Å²) in [5.74, 6) is 0.798. The Labute approximate surface area is 187 Å². The molecule has 3 aromatic rings. The van der Waals surface area contributed by atoms with Crippen LogP contribution in [0.5, 0.6) is 0 Å². The minimum atomic E-state index is -0.429. The van der Waals surface area contributed by atoms with Crippen molar-refractivity contribution in [2.24, 2.45) is 0 Å². The molecule has 2 aromatic carbocycles. The van der Waals surface area contributed by atoms with Gasteiger partial charge in [-0.25, -0.2) is 0 Å². The molecule has 0 aliphatic rings. The van der Waals surface area contributed by atoms with E-state index in [4.69, 9.17) is 9.52 Å². The van der Waals surface area contributed by atoms with Gasteiger partial charge in [0.05, 0.1) is 4.92 Å². The predicted octanol–water partition coefficient (Wildman–Crippen LogP) is 5.19. The fourth-order valence-electron chi connectivity index (χ4n) is 3.27. The maximum Gasteiger partial charge on any atom is 0.269 e. The van der Waals surface area contributed by atoms with E-state index in [2.05, 4.69) is 22.1 Å². The van der Waals surface area contributed by atoms with Gasteiger partial charge < -0.3 is 14.4 Å². The van der Waals surface area contributed by atoms with E-state index in [1.165, 1.54) is 18.6 Å². The van der Waals surface area contributed by atoms with Crippen LogP contribution in [-0.4, -0.2) is 40.4 Å². The molecule has 1 heterocycles. The lowest BCUT2D eigenvalue weighted by atomic mass is 10.1. The summed E-state index contributed by atoms with van der Waals surface area (Å²) in [5, 5.41) is 27.7. The summed E-state index contributed by atoms with van der Waals surface area (Å²) >= 11 is 0. The Balaban J connectivity index is 1.53. The Morgan fingerprint density at radius 2 is 1.66 bits per heavy atom. The molecule has 0 aliphatic heterocycles. The van der Waals surface area contributed by atoms with Crippen molar-refractivity contribution in [1.29, 1.82) is 0 Å². The highest BCUT2D eigenvalue weighted by atomic mass is 16.6. The first-order valence-corrected chi connectivity index (χ1v) is 10.8. The van der Waals surface area contributed by atoms with Gasteiger partial charge in [-0.2, -0.15) is 0 Å². The fraction of sp³-hybridized carbons (Fsp3) is 0.333. The lowest BCUT2D eigenvalue weighted by Gasteiger charge is -2.19. The number of hydrogen-bond donors (Lipinski definition) is 1. The Bertz CT molecular complexity index is 1010. The van der Waals surface area contributed by atoms with Crippen LogP contribution in [0.4, 0.5) is 11.4 Å². The number of rotatable bonds is 12. The quantitative estimate of drug-likeness (QED) is 0.236. The van der Waals surface area contributed by atoms with E-state index < -0.39 is 4.92 Å². The first kappa shape index (κ1) is 23.1. The molecule has 0 saturated carbocycles. The number of benzene rings is 2. The number of hydrogen-bond acceptors (Lipinski definition) is 7. The van der Waals surface area contributed by atoms with E-state index >= 15 is 0 Å². The standard InChI is InChI=1S/C24H28N4O4/c1-27(17-5-3-2-4-6-18-29)21-14-10-20(11-15-21)24-26-25-23(32-24)16-9-19-7-12-22(13-8-19)28(30)31/h7-16,29H,2-6,17-18H2,1H3/b16-9+. The van der Waals surface area contributed by atoms with E-state index in [1.54, 1.807) is 24.3 Å². The third-order valence-electron chi connectivity index (χ3n) is 5.17. The molecule has 0 spiro atoms. The van der Waals surface area contributed by atoms with Crippen LogP contribution in [0.15, 0.2) is 52.9 Å². The smallest absolute Gasteiger partial charge is 0.269 e. The van der Waals surface area contributed by atoms with Gasteiger partial charge >= 0.3 is 0 Å². The SMILES string of the molecule is CN(CCCCCCCO)c1ccc(-c2nnc(/C=C/c3ccc([N+](=O)[O-])cc3)o2)cc1. The molecule has 3 rings (SSSR count). The second-order valence-electron chi connectivity index (χ2n) is 7.59. The Hall–Kier alpha value is -3.52. The summed E-state index contributed by atoms with van der Waals surface area (Å²) < 4.78 is 5.72. The van der Waals surface area contributed by atoms with Crippen LogP contribution in [0, 0.1) is 10.1 Å². The molecule has 0 saturated heterocycles. The fourth-order valence-corrected chi connectivity index (χ4v) is 3.27. The zero-order chi connectivity index (χ0) is 22.8. The normalized spacial score (nSPS) is 11.2. The van der Waals surface area contributed by atoms with Crippen molar-refractivity contribution in [2.45, 2.75) is 32.1 Å². The number of anilines is 1. The van der Waals surface area contributed by atoms with E-state index in [0.29, 0.717) is 11.8 Å². The lowest BCUT2D eigenvalue weighted by Crippen LogP contribution is -2.18. The summed E-state index contributed by atoms with van der Waals surface area (Å²) in [7, 11) is 2.08. The topological polar surface area (TPSA) is 106 Å². The van der Waals surface area contributed by atoms with Crippen molar-refractivity contribution < 1.29 is 14.4 Å². The molecule has 0 fully saturated rings. The molecule has 168 valence electrons. The molecular formula is C24H28N4O4. The average Bonchev–Trinajstić information content (AvgIpc) is 3.29. The van der Waals surface area contributed by atoms with Crippen LogP contribution in [-0.2, 0) is 0 Å². The Kier molecular flexibility index (Phi) is 8.51. The van der Waals surface area contributed by atoms with Crippen molar-refractivity contribution in [3.63, 3.8) is 0 Å².